The van der Waals surface area contributed by atoms with Gasteiger partial charge < -0.3 is 5.32 Å². The van der Waals surface area contributed by atoms with Crippen molar-refractivity contribution in [2.45, 2.75) is 26.7 Å². The largest absolute Gasteiger partial charge is 0.326 e. The highest BCUT2D eigenvalue weighted by Gasteiger charge is 2.13. The van der Waals surface area contributed by atoms with E-state index < -0.39 is 0 Å². The van der Waals surface area contributed by atoms with Crippen LogP contribution in [0.25, 0.3) is 0 Å². The van der Waals surface area contributed by atoms with Gasteiger partial charge in [-0.3, -0.25) is 4.79 Å². The monoisotopic (exact) mass is 292 g/mol. The zero-order valence-electron chi connectivity index (χ0n) is 13.0. The van der Waals surface area contributed by atoms with Gasteiger partial charge in [-0.1, -0.05) is 31.9 Å². The minimum atomic E-state index is 0.0586. The minimum Gasteiger partial charge on any atom is -0.326 e. The summed E-state index contributed by atoms with van der Waals surface area (Å²) in [6, 6.07) is 13.2. The molecule has 0 fully saturated rings. The fourth-order valence-electron chi connectivity index (χ4n) is 2.15. The molecule has 2 rings (SSSR count). The molecular weight excluding hydrogens is 272 g/mol. The van der Waals surface area contributed by atoms with Gasteiger partial charge in [0.25, 0.3) is 0 Å². The molecule has 0 atom stereocenters. The highest BCUT2D eigenvalue weighted by molar-refractivity contribution is 5.92. The van der Waals surface area contributed by atoms with Crippen LogP contribution in [0.5, 0.6) is 0 Å². The summed E-state index contributed by atoms with van der Waals surface area (Å²) >= 11 is 0. The van der Waals surface area contributed by atoms with E-state index in [9.17, 15) is 4.79 Å². The van der Waals surface area contributed by atoms with Crippen molar-refractivity contribution < 1.29 is 4.79 Å². The molecule has 1 heterocycles. The van der Waals surface area contributed by atoms with Crippen LogP contribution in [-0.4, -0.2) is 10.9 Å². The van der Waals surface area contributed by atoms with Crippen LogP contribution in [0.15, 0.2) is 48.7 Å². The Hall–Kier alpha value is -2.60. The molecule has 1 aromatic heterocycles. The van der Waals surface area contributed by atoms with Crippen LogP contribution in [0.4, 0.5) is 5.69 Å². The van der Waals surface area contributed by atoms with E-state index in [-0.39, 0.29) is 11.8 Å². The first-order chi connectivity index (χ1) is 10.7. The summed E-state index contributed by atoms with van der Waals surface area (Å²) in [7, 11) is 0. The maximum atomic E-state index is 12.1. The standard InChI is InChI=1S/C19H20N2O/c1-3-16(4-2)19(22)21-18-10-7-8-15(14-18)11-12-17-9-5-6-13-20-17/h5-10,13-14,16H,3-4H2,1-2H3,(H,21,22). The number of hydrogen-bond donors (Lipinski definition) is 1. The summed E-state index contributed by atoms with van der Waals surface area (Å²) in [5.41, 5.74) is 2.37. The highest BCUT2D eigenvalue weighted by atomic mass is 16.1. The van der Waals surface area contributed by atoms with Crippen LogP contribution in [0.1, 0.15) is 37.9 Å². The number of aromatic nitrogens is 1. The van der Waals surface area contributed by atoms with E-state index in [0.29, 0.717) is 0 Å². The predicted octanol–water partition coefficient (Wildman–Crippen LogP) is 3.86. The van der Waals surface area contributed by atoms with Gasteiger partial charge in [0.05, 0.1) is 0 Å². The third-order valence-electron chi connectivity index (χ3n) is 3.49. The number of carbonyl (C=O) groups is 1. The predicted molar refractivity (Wildman–Crippen MR) is 89.4 cm³/mol. The van der Waals surface area contributed by atoms with Crippen molar-refractivity contribution in [3.63, 3.8) is 0 Å². The van der Waals surface area contributed by atoms with Crippen molar-refractivity contribution in [2.75, 3.05) is 5.32 Å². The Labute approximate surface area is 131 Å². The van der Waals surface area contributed by atoms with E-state index in [0.717, 1.165) is 29.8 Å². The molecule has 0 aliphatic heterocycles. The molecule has 1 N–H and O–H groups in total. The quantitative estimate of drug-likeness (QED) is 0.870. The number of carbonyl (C=O) groups excluding carboxylic acids is 1. The summed E-state index contributed by atoms with van der Waals surface area (Å²) in [5.74, 6) is 6.21. The molecule has 0 radical (unpaired) electrons. The van der Waals surface area contributed by atoms with E-state index in [2.05, 4.69) is 22.1 Å². The summed E-state index contributed by atoms with van der Waals surface area (Å²) in [6.07, 6.45) is 3.42. The van der Waals surface area contributed by atoms with E-state index in [1.807, 2.05) is 56.3 Å². The van der Waals surface area contributed by atoms with Gasteiger partial charge in [-0.15, -0.1) is 0 Å². The molecule has 0 bridgehead atoms. The van der Waals surface area contributed by atoms with Crippen molar-refractivity contribution in [3.8, 4) is 11.8 Å². The second-order valence-corrected chi connectivity index (χ2v) is 5.05. The third-order valence-corrected chi connectivity index (χ3v) is 3.49. The molecule has 22 heavy (non-hydrogen) atoms. The van der Waals surface area contributed by atoms with E-state index in [1.54, 1.807) is 6.20 Å². The fourth-order valence-corrected chi connectivity index (χ4v) is 2.15. The fraction of sp³-hybridized carbons (Fsp3) is 0.263. The SMILES string of the molecule is CCC(CC)C(=O)Nc1cccc(C#Cc2ccccn2)c1. The van der Waals surface area contributed by atoms with Gasteiger partial charge in [-0.05, 0) is 49.1 Å². The van der Waals surface area contributed by atoms with E-state index >= 15 is 0 Å². The number of nitrogens with zero attached hydrogens (tertiary/aromatic N) is 1. The van der Waals surface area contributed by atoms with Crippen LogP contribution in [0.2, 0.25) is 0 Å². The zero-order chi connectivity index (χ0) is 15.8. The van der Waals surface area contributed by atoms with Crippen molar-refractivity contribution in [1.82, 2.24) is 4.98 Å². The molecule has 0 aliphatic rings. The maximum absolute atomic E-state index is 12.1. The number of anilines is 1. The number of nitrogens with one attached hydrogen (secondary N) is 1. The molecular formula is C19H20N2O. The first-order valence-electron chi connectivity index (χ1n) is 7.57. The number of benzene rings is 1. The lowest BCUT2D eigenvalue weighted by Gasteiger charge is -2.12. The Kier molecular flexibility index (Phi) is 5.73. The van der Waals surface area contributed by atoms with Gasteiger partial charge in [0.1, 0.15) is 5.69 Å². The first kappa shape index (κ1) is 15.8. The average Bonchev–Trinajstić information content (AvgIpc) is 2.55. The average molecular weight is 292 g/mol. The van der Waals surface area contributed by atoms with Crippen LogP contribution < -0.4 is 5.32 Å². The lowest BCUT2D eigenvalue weighted by molar-refractivity contribution is -0.120. The number of pyridine rings is 1. The third kappa shape index (κ3) is 4.46. The van der Waals surface area contributed by atoms with Gasteiger partial charge in [0, 0.05) is 23.4 Å². The molecule has 0 saturated heterocycles. The second kappa shape index (κ2) is 7.99. The van der Waals surface area contributed by atoms with Crippen LogP contribution >= 0.6 is 0 Å². The van der Waals surface area contributed by atoms with Gasteiger partial charge in [-0.25, -0.2) is 4.98 Å². The summed E-state index contributed by atoms with van der Waals surface area (Å²) in [4.78, 5) is 16.3. The van der Waals surface area contributed by atoms with Crippen molar-refractivity contribution >= 4 is 11.6 Å². The Bertz CT molecular complexity index is 679. The summed E-state index contributed by atoms with van der Waals surface area (Å²) < 4.78 is 0. The maximum Gasteiger partial charge on any atom is 0.227 e. The Balaban J connectivity index is 2.11. The Morgan fingerprint density at radius 2 is 1.95 bits per heavy atom. The van der Waals surface area contributed by atoms with Gasteiger partial charge in [0.2, 0.25) is 5.91 Å². The van der Waals surface area contributed by atoms with Crippen molar-refractivity contribution in [2.24, 2.45) is 5.92 Å². The number of hydrogen-bond acceptors (Lipinski definition) is 2. The molecule has 0 spiro atoms. The highest BCUT2D eigenvalue weighted by Crippen LogP contribution is 2.14. The minimum absolute atomic E-state index is 0.0586. The lowest BCUT2D eigenvalue weighted by atomic mass is 10.0. The summed E-state index contributed by atoms with van der Waals surface area (Å²) in [6.45, 7) is 4.06. The van der Waals surface area contributed by atoms with Crippen molar-refractivity contribution in [3.05, 3.63) is 59.9 Å². The van der Waals surface area contributed by atoms with Gasteiger partial charge >= 0.3 is 0 Å². The van der Waals surface area contributed by atoms with Crippen LogP contribution in [-0.2, 0) is 4.79 Å². The number of rotatable bonds is 4. The molecule has 1 amide bonds. The van der Waals surface area contributed by atoms with E-state index in [4.69, 9.17) is 0 Å². The molecule has 112 valence electrons. The van der Waals surface area contributed by atoms with Crippen LogP contribution in [0, 0.1) is 17.8 Å². The Morgan fingerprint density at radius 3 is 2.64 bits per heavy atom. The van der Waals surface area contributed by atoms with Gasteiger partial charge in [-0.2, -0.15) is 0 Å². The molecule has 3 nitrogen and oxygen atoms in total. The zero-order valence-corrected chi connectivity index (χ0v) is 13.0. The normalized spacial score (nSPS) is 9.95. The molecule has 2 aromatic rings. The molecule has 0 saturated carbocycles. The first-order valence-corrected chi connectivity index (χ1v) is 7.57. The van der Waals surface area contributed by atoms with E-state index in [1.165, 1.54) is 0 Å². The Morgan fingerprint density at radius 1 is 1.14 bits per heavy atom. The molecule has 0 aliphatic carbocycles. The number of amides is 1. The van der Waals surface area contributed by atoms with Crippen molar-refractivity contribution in [1.29, 1.82) is 0 Å². The molecule has 3 heteroatoms. The van der Waals surface area contributed by atoms with Gasteiger partial charge in [0.15, 0.2) is 0 Å². The van der Waals surface area contributed by atoms with Crippen LogP contribution in [0.3, 0.4) is 0 Å². The second-order valence-electron chi connectivity index (χ2n) is 5.05. The lowest BCUT2D eigenvalue weighted by Crippen LogP contribution is -2.21. The topological polar surface area (TPSA) is 42.0 Å². The summed E-state index contributed by atoms with van der Waals surface area (Å²) in [5, 5.41) is 2.96. The smallest absolute Gasteiger partial charge is 0.227 e. The molecule has 0 unspecified atom stereocenters. The molecule has 1 aromatic carbocycles.